The van der Waals surface area contributed by atoms with Crippen LogP contribution in [0.5, 0.6) is 0 Å². The standard InChI is InChI=1S/C21H31N5O3.2ClH/c22-14-19(27)24-17-13-18(23-15-17)21(29)26-11-9-25(10-12-26)20(28)8-4-7-16-5-2-1-3-6-16;;/h1-3,5-6,17-18,23H,4,7-15,22H2,(H,24,27);2*1H/t17-,18+;;/m1../s1. The number of hydrogen-bond donors (Lipinski definition) is 3. The summed E-state index contributed by atoms with van der Waals surface area (Å²) in [6.45, 7) is 2.80. The van der Waals surface area contributed by atoms with Crippen LogP contribution in [0.2, 0.25) is 0 Å². The van der Waals surface area contributed by atoms with Crippen LogP contribution < -0.4 is 16.4 Å². The van der Waals surface area contributed by atoms with Crippen molar-refractivity contribution in [3.63, 3.8) is 0 Å². The molecule has 1 aromatic rings. The van der Waals surface area contributed by atoms with Gasteiger partial charge in [0.05, 0.1) is 12.6 Å². The smallest absolute Gasteiger partial charge is 0.239 e. The highest BCUT2D eigenvalue weighted by molar-refractivity contribution is 5.86. The van der Waals surface area contributed by atoms with Gasteiger partial charge in [-0.05, 0) is 24.8 Å². The molecule has 1 aromatic carbocycles. The molecule has 3 amide bonds. The first kappa shape index (κ1) is 27.2. The number of carbonyl (C=O) groups is 3. The van der Waals surface area contributed by atoms with Gasteiger partial charge < -0.3 is 26.2 Å². The highest BCUT2D eigenvalue weighted by Crippen LogP contribution is 2.13. The summed E-state index contributed by atoms with van der Waals surface area (Å²) in [4.78, 5) is 40.3. The van der Waals surface area contributed by atoms with Gasteiger partial charge in [-0.1, -0.05) is 30.3 Å². The lowest BCUT2D eigenvalue weighted by Crippen LogP contribution is -2.54. The van der Waals surface area contributed by atoms with Crippen LogP contribution in [0.4, 0.5) is 0 Å². The number of amides is 3. The van der Waals surface area contributed by atoms with Crippen molar-refractivity contribution >= 4 is 42.5 Å². The predicted molar refractivity (Wildman–Crippen MR) is 124 cm³/mol. The van der Waals surface area contributed by atoms with Gasteiger partial charge in [-0.25, -0.2) is 0 Å². The summed E-state index contributed by atoms with van der Waals surface area (Å²) in [7, 11) is 0. The van der Waals surface area contributed by atoms with Crippen LogP contribution in [0, 0.1) is 0 Å². The normalized spacial score (nSPS) is 20.4. The molecule has 10 heteroatoms. The van der Waals surface area contributed by atoms with E-state index in [2.05, 4.69) is 22.8 Å². The minimum Gasteiger partial charge on any atom is -0.351 e. The zero-order valence-electron chi connectivity index (χ0n) is 17.6. The molecular formula is C21H33Cl2N5O3. The SMILES string of the molecule is Cl.Cl.NCC(=O)N[C@H]1CN[C@H](C(=O)N2CCN(C(=O)CCCc3ccccc3)CC2)C1. The molecule has 0 radical (unpaired) electrons. The third kappa shape index (κ3) is 7.96. The summed E-state index contributed by atoms with van der Waals surface area (Å²) in [6, 6.07) is 9.84. The van der Waals surface area contributed by atoms with E-state index in [4.69, 9.17) is 5.73 Å². The number of rotatable bonds is 7. The Balaban J connectivity index is 0.00000240. The average molecular weight is 474 g/mol. The molecule has 31 heavy (non-hydrogen) atoms. The second-order valence-corrected chi connectivity index (χ2v) is 7.71. The Labute approximate surface area is 196 Å². The fourth-order valence-corrected chi connectivity index (χ4v) is 3.96. The largest absolute Gasteiger partial charge is 0.351 e. The molecule has 0 aliphatic carbocycles. The maximum atomic E-state index is 12.7. The van der Waals surface area contributed by atoms with E-state index in [1.54, 1.807) is 0 Å². The second kappa shape index (κ2) is 13.5. The fraction of sp³-hybridized carbons (Fsp3) is 0.571. The first-order chi connectivity index (χ1) is 14.1. The monoisotopic (exact) mass is 473 g/mol. The van der Waals surface area contributed by atoms with E-state index in [9.17, 15) is 14.4 Å². The molecule has 4 N–H and O–H groups in total. The molecular weight excluding hydrogens is 441 g/mol. The lowest BCUT2D eigenvalue weighted by molar-refractivity contribution is -0.140. The van der Waals surface area contributed by atoms with Crippen molar-refractivity contribution in [2.75, 3.05) is 39.3 Å². The van der Waals surface area contributed by atoms with Gasteiger partial charge in [0.25, 0.3) is 0 Å². The van der Waals surface area contributed by atoms with E-state index in [0.717, 1.165) is 12.8 Å². The van der Waals surface area contributed by atoms with Crippen LogP contribution in [0.3, 0.4) is 0 Å². The van der Waals surface area contributed by atoms with E-state index >= 15 is 0 Å². The van der Waals surface area contributed by atoms with Crippen molar-refractivity contribution < 1.29 is 14.4 Å². The van der Waals surface area contributed by atoms with Gasteiger partial charge in [-0.15, -0.1) is 24.8 Å². The minimum absolute atomic E-state index is 0. The third-order valence-corrected chi connectivity index (χ3v) is 5.62. The quantitative estimate of drug-likeness (QED) is 0.528. The van der Waals surface area contributed by atoms with Crippen LogP contribution in [-0.2, 0) is 20.8 Å². The first-order valence-electron chi connectivity index (χ1n) is 10.4. The van der Waals surface area contributed by atoms with Crippen molar-refractivity contribution in [2.45, 2.75) is 37.8 Å². The Bertz CT molecular complexity index is 714. The summed E-state index contributed by atoms with van der Waals surface area (Å²) in [5.74, 6) is 0.00606. The zero-order chi connectivity index (χ0) is 20.6. The first-order valence-corrected chi connectivity index (χ1v) is 10.4. The third-order valence-electron chi connectivity index (χ3n) is 5.62. The number of benzene rings is 1. The summed E-state index contributed by atoms with van der Waals surface area (Å²) in [5, 5.41) is 6.00. The van der Waals surface area contributed by atoms with E-state index in [1.807, 2.05) is 28.0 Å². The molecule has 2 atom stereocenters. The fourth-order valence-electron chi connectivity index (χ4n) is 3.96. The number of nitrogens with one attached hydrogen (secondary N) is 2. The molecule has 2 aliphatic heterocycles. The highest BCUT2D eigenvalue weighted by Gasteiger charge is 2.34. The minimum atomic E-state index is -0.286. The summed E-state index contributed by atoms with van der Waals surface area (Å²) < 4.78 is 0. The number of halogens is 2. The summed E-state index contributed by atoms with van der Waals surface area (Å²) in [6.07, 6.45) is 2.85. The van der Waals surface area contributed by atoms with E-state index < -0.39 is 0 Å². The topological polar surface area (TPSA) is 108 Å². The summed E-state index contributed by atoms with van der Waals surface area (Å²) >= 11 is 0. The zero-order valence-corrected chi connectivity index (χ0v) is 19.3. The Kier molecular flexibility index (Phi) is 11.8. The van der Waals surface area contributed by atoms with Gasteiger partial charge in [0.2, 0.25) is 17.7 Å². The average Bonchev–Trinajstić information content (AvgIpc) is 3.22. The van der Waals surface area contributed by atoms with E-state index in [1.165, 1.54) is 5.56 Å². The number of carbonyl (C=O) groups excluding carboxylic acids is 3. The molecule has 3 rings (SSSR count). The molecule has 2 aliphatic rings. The van der Waals surface area contributed by atoms with Crippen molar-refractivity contribution in [1.29, 1.82) is 0 Å². The van der Waals surface area contributed by atoms with Crippen molar-refractivity contribution in [3.05, 3.63) is 35.9 Å². The second-order valence-electron chi connectivity index (χ2n) is 7.71. The van der Waals surface area contributed by atoms with Gasteiger partial charge >= 0.3 is 0 Å². The van der Waals surface area contributed by atoms with Gasteiger partial charge in [0, 0.05) is 45.2 Å². The predicted octanol–water partition coefficient (Wildman–Crippen LogP) is 0.329. The van der Waals surface area contributed by atoms with Crippen molar-refractivity contribution in [1.82, 2.24) is 20.4 Å². The molecule has 0 unspecified atom stereocenters. The van der Waals surface area contributed by atoms with Crippen LogP contribution in [0.25, 0.3) is 0 Å². The Morgan fingerprint density at radius 1 is 1.03 bits per heavy atom. The van der Waals surface area contributed by atoms with Crippen LogP contribution >= 0.6 is 24.8 Å². The van der Waals surface area contributed by atoms with Gasteiger partial charge in [0.1, 0.15) is 0 Å². The number of nitrogens with zero attached hydrogens (tertiary/aromatic N) is 2. The van der Waals surface area contributed by atoms with Crippen LogP contribution in [0.1, 0.15) is 24.8 Å². The lowest BCUT2D eigenvalue weighted by atomic mass is 10.1. The number of aryl methyl sites for hydroxylation is 1. The Morgan fingerprint density at radius 3 is 2.32 bits per heavy atom. The maximum absolute atomic E-state index is 12.7. The van der Waals surface area contributed by atoms with Crippen molar-refractivity contribution in [3.8, 4) is 0 Å². The molecule has 2 fully saturated rings. The summed E-state index contributed by atoms with van der Waals surface area (Å²) in [5.41, 5.74) is 6.57. The molecule has 0 saturated carbocycles. The van der Waals surface area contributed by atoms with Crippen LogP contribution in [-0.4, -0.2) is 78.9 Å². The van der Waals surface area contributed by atoms with Crippen molar-refractivity contribution in [2.24, 2.45) is 5.73 Å². The maximum Gasteiger partial charge on any atom is 0.239 e. The molecule has 0 bridgehead atoms. The number of hydrogen-bond acceptors (Lipinski definition) is 5. The lowest BCUT2D eigenvalue weighted by Gasteiger charge is -2.36. The van der Waals surface area contributed by atoms with E-state index in [0.29, 0.717) is 45.6 Å². The Hall–Kier alpha value is -1.87. The molecule has 2 heterocycles. The van der Waals surface area contributed by atoms with E-state index in [-0.39, 0.29) is 61.2 Å². The molecule has 0 aromatic heterocycles. The number of nitrogens with two attached hydrogens (primary N) is 1. The highest BCUT2D eigenvalue weighted by atomic mass is 35.5. The molecule has 8 nitrogen and oxygen atoms in total. The molecule has 174 valence electrons. The molecule has 0 spiro atoms. The van der Waals surface area contributed by atoms with Gasteiger partial charge in [-0.2, -0.15) is 0 Å². The van der Waals surface area contributed by atoms with Gasteiger partial charge in [-0.3, -0.25) is 14.4 Å². The Morgan fingerprint density at radius 2 is 1.68 bits per heavy atom. The number of piperazine rings is 1. The van der Waals surface area contributed by atoms with Gasteiger partial charge in [0.15, 0.2) is 0 Å². The van der Waals surface area contributed by atoms with Crippen LogP contribution in [0.15, 0.2) is 30.3 Å². The molecule has 2 saturated heterocycles.